The number of alkyl carbamates (subject to hydrolysis) is 1. The Labute approximate surface area is 140 Å². The molecule has 1 heterocycles. The average molecular weight is 332 g/mol. The maximum Gasteiger partial charge on any atom is 0.407 e. The van der Waals surface area contributed by atoms with Gasteiger partial charge < -0.3 is 15.8 Å². The minimum Gasteiger partial charge on any atom is -0.446 e. The maximum absolute atomic E-state index is 12.1. The van der Waals surface area contributed by atoms with Gasteiger partial charge in [0.15, 0.2) is 5.82 Å². The molecule has 0 aromatic carbocycles. The van der Waals surface area contributed by atoms with E-state index >= 15 is 0 Å². The minimum absolute atomic E-state index is 0.0139. The number of amides is 1. The SMILES string of the molecule is NC/C=C/CNC(=O)OC1C2CC3CC1CC(c1nn[nH]n1)(C3)C2. The number of hydrogen-bond acceptors (Lipinski definition) is 6. The van der Waals surface area contributed by atoms with Crippen LogP contribution in [-0.4, -0.2) is 45.9 Å². The van der Waals surface area contributed by atoms with Gasteiger partial charge in [-0.25, -0.2) is 4.79 Å². The zero-order valence-corrected chi connectivity index (χ0v) is 13.6. The summed E-state index contributed by atoms with van der Waals surface area (Å²) in [5.41, 5.74) is 5.41. The molecule has 0 saturated heterocycles. The van der Waals surface area contributed by atoms with E-state index in [0.29, 0.717) is 30.8 Å². The summed E-state index contributed by atoms with van der Waals surface area (Å²) >= 11 is 0. The van der Waals surface area contributed by atoms with Crippen molar-refractivity contribution in [3.05, 3.63) is 18.0 Å². The van der Waals surface area contributed by atoms with Crippen molar-refractivity contribution in [1.82, 2.24) is 25.9 Å². The van der Waals surface area contributed by atoms with Crippen molar-refractivity contribution < 1.29 is 9.53 Å². The van der Waals surface area contributed by atoms with Crippen molar-refractivity contribution in [3.63, 3.8) is 0 Å². The summed E-state index contributed by atoms with van der Waals surface area (Å²) in [7, 11) is 0. The molecule has 4 bridgehead atoms. The Hall–Kier alpha value is -1.96. The van der Waals surface area contributed by atoms with Gasteiger partial charge >= 0.3 is 6.09 Å². The lowest BCUT2D eigenvalue weighted by atomic mass is 9.48. The van der Waals surface area contributed by atoms with E-state index in [9.17, 15) is 4.79 Å². The Morgan fingerprint density at radius 3 is 2.79 bits per heavy atom. The topological polar surface area (TPSA) is 119 Å². The number of ether oxygens (including phenoxy) is 1. The van der Waals surface area contributed by atoms with E-state index in [-0.39, 0.29) is 17.6 Å². The third-order valence-corrected chi connectivity index (χ3v) is 5.92. The lowest BCUT2D eigenvalue weighted by molar-refractivity contribution is -0.111. The van der Waals surface area contributed by atoms with Crippen LogP contribution in [0.3, 0.4) is 0 Å². The molecular weight excluding hydrogens is 308 g/mol. The van der Waals surface area contributed by atoms with E-state index < -0.39 is 0 Å². The molecule has 0 spiro atoms. The van der Waals surface area contributed by atoms with Gasteiger partial charge in [-0.1, -0.05) is 17.4 Å². The molecule has 4 aliphatic rings. The lowest BCUT2D eigenvalue weighted by Gasteiger charge is -2.58. The number of carbonyl (C=O) groups excluding carboxylic acids is 1. The number of aromatic amines is 1. The van der Waals surface area contributed by atoms with E-state index in [1.165, 1.54) is 0 Å². The van der Waals surface area contributed by atoms with Gasteiger partial charge in [-0.3, -0.25) is 0 Å². The van der Waals surface area contributed by atoms with Gasteiger partial charge in [0.2, 0.25) is 0 Å². The van der Waals surface area contributed by atoms with Gasteiger partial charge in [-0.15, -0.1) is 10.2 Å². The Kier molecular flexibility index (Phi) is 3.99. The van der Waals surface area contributed by atoms with Crippen LogP contribution in [0.2, 0.25) is 0 Å². The minimum atomic E-state index is -0.331. The summed E-state index contributed by atoms with van der Waals surface area (Å²) < 4.78 is 5.79. The maximum atomic E-state index is 12.1. The molecule has 1 amide bonds. The van der Waals surface area contributed by atoms with Gasteiger partial charge in [0.05, 0.1) is 0 Å². The van der Waals surface area contributed by atoms with E-state index in [4.69, 9.17) is 10.5 Å². The number of nitrogens with zero attached hydrogens (tertiary/aromatic N) is 3. The van der Waals surface area contributed by atoms with Crippen LogP contribution < -0.4 is 11.1 Å². The Balaban J connectivity index is 1.42. The molecule has 0 radical (unpaired) electrons. The standard InChI is InChI=1S/C16H24N6O2/c17-3-1-2-4-18-15(23)24-13-11-5-10-6-12(13)9-16(7-10,8-11)14-19-21-22-20-14/h1-2,10-13H,3-9,17H2,(H,18,23)(H,19,20,21,22)/b2-1+. The highest BCUT2D eigenvalue weighted by atomic mass is 16.6. The molecular formula is C16H24N6O2. The first-order chi connectivity index (χ1) is 11.7. The number of aromatic nitrogens is 4. The molecule has 0 aliphatic heterocycles. The number of rotatable bonds is 5. The Morgan fingerprint density at radius 1 is 1.33 bits per heavy atom. The summed E-state index contributed by atoms with van der Waals surface area (Å²) in [5.74, 6) is 2.34. The first-order valence-corrected chi connectivity index (χ1v) is 8.74. The van der Waals surface area contributed by atoms with Crippen molar-refractivity contribution in [2.24, 2.45) is 23.5 Å². The molecule has 1 aromatic rings. The lowest BCUT2D eigenvalue weighted by Crippen LogP contribution is -2.57. The first-order valence-electron chi connectivity index (χ1n) is 8.74. The molecule has 8 heteroatoms. The highest BCUT2D eigenvalue weighted by Gasteiger charge is 2.58. The highest BCUT2D eigenvalue weighted by molar-refractivity contribution is 5.67. The van der Waals surface area contributed by atoms with Crippen molar-refractivity contribution in [1.29, 1.82) is 0 Å². The van der Waals surface area contributed by atoms with Crippen LogP contribution in [0.1, 0.15) is 37.9 Å². The van der Waals surface area contributed by atoms with Crippen LogP contribution in [0, 0.1) is 17.8 Å². The number of nitrogens with one attached hydrogen (secondary N) is 2. The summed E-state index contributed by atoms with van der Waals surface area (Å²) in [6, 6.07) is 0. The predicted molar refractivity (Wildman–Crippen MR) is 85.9 cm³/mol. The Morgan fingerprint density at radius 2 is 2.12 bits per heavy atom. The molecule has 5 rings (SSSR count). The number of H-pyrrole nitrogens is 1. The van der Waals surface area contributed by atoms with E-state index in [1.54, 1.807) is 0 Å². The summed E-state index contributed by atoms with van der Waals surface area (Å²) in [6.07, 6.45) is 8.74. The zero-order chi connectivity index (χ0) is 16.6. The molecule has 4 saturated carbocycles. The van der Waals surface area contributed by atoms with Crippen LogP contribution in [0.15, 0.2) is 12.2 Å². The number of carbonyl (C=O) groups is 1. The van der Waals surface area contributed by atoms with Gasteiger partial charge in [0.25, 0.3) is 0 Å². The molecule has 8 nitrogen and oxygen atoms in total. The van der Waals surface area contributed by atoms with Gasteiger partial charge in [0, 0.05) is 18.5 Å². The summed E-state index contributed by atoms with van der Waals surface area (Å²) in [5, 5.41) is 17.6. The number of tetrazole rings is 1. The van der Waals surface area contributed by atoms with E-state index in [2.05, 4.69) is 25.9 Å². The average Bonchev–Trinajstić information content (AvgIpc) is 3.10. The zero-order valence-electron chi connectivity index (χ0n) is 13.6. The summed E-state index contributed by atoms with van der Waals surface area (Å²) in [4.78, 5) is 12.1. The third-order valence-electron chi connectivity index (χ3n) is 5.92. The van der Waals surface area contributed by atoms with Gasteiger partial charge in [-0.2, -0.15) is 5.21 Å². The van der Waals surface area contributed by atoms with E-state index in [0.717, 1.165) is 37.9 Å². The van der Waals surface area contributed by atoms with E-state index in [1.807, 2.05) is 12.2 Å². The molecule has 4 fully saturated rings. The third kappa shape index (κ3) is 2.68. The van der Waals surface area contributed by atoms with Gasteiger partial charge in [-0.05, 0) is 49.9 Å². The fourth-order valence-corrected chi connectivity index (χ4v) is 5.32. The molecule has 130 valence electrons. The number of nitrogens with two attached hydrogens (primary N) is 1. The van der Waals surface area contributed by atoms with Gasteiger partial charge in [0.1, 0.15) is 6.10 Å². The molecule has 24 heavy (non-hydrogen) atoms. The van der Waals surface area contributed by atoms with Crippen molar-refractivity contribution in [2.75, 3.05) is 13.1 Å². The molecule has 4 aliphatic carbocycles. The van der Waals surface area contributed by atoms with Crippen molar-refractivity contribution >= 4 is 6.09 Å². The monoisotopic (exact) mass is 332 g/mol. The quantitative estimate of drug-likeness (QED) is 0.689. The largest absolute Gasteiger partial charge is 0.446 e. The van der Waals surface area contributed by atoms with Crippen molar-refractivity contribution in [3.8, 4) is 0 Å². The fraction of sp³-hybridized carbons (Fsp3) is 0.750. The second-order valence-electron chi connectivity index (χ2n) is 7.44. The molecule has 2 atom stereocenters. The Bertz CT molecular complexity index is 600. The predicted octanol–water partition coefficient (Wildman–Crippen LogP) is 0.887. The normalized spacial score (nSPS) is 37.0. The number of hydrogen-bond donors (Lipinski definition) is 3. The highest BCUT2D eigenvalue weighted by Crippen LogP contribution is 2.60. The molecule has 2 unspecified atom stereocenters. The van der Waals surface area contributed by atoms with Crippen LogP contribution >= 0.6 is 0 Å². The van der Waals surface area contributed by atoms with Crippen LogP contribution in [-0.2, 0) is 10.2 Å². The smallest absolute Gasteiger partial charge is 0.407 e. The summed E-state index contributed by atoms with van der Waals surface area (Å²) in [6.45, 7) is 0.927. The van der Waals surface area contributed by atoms with Crippen LogP contribution in [0.25, 0.3) is 0 Å². The molecule has 4 N–H and O–H groups in total. The van der Waals surface area contributed by atoms with Crippen LogP contribution in [0.4, 0.5) is 4.79 Å². The second-order valence-corrected chi connectivity index (χ2v) is 7.44. The second kappa shape index (κ2) is 6.16. The fourth-order valence-electron chi connectivity index (χ4n) is 5.32. The van der Waals surface area contributed by atoms with Crippen LogP contribution in [0.5, 0.6) is 0 Å². The first kappa shape index (κ1) is 15.6. The molecule has 1 aromatic heterocycles. The van der Waals surface area contributed by atoms with Crippen molar-refractivity contribution in [2.45, 2.75) is 43.6 Å².